The molecular weight excluding hydrogens is 176 g/mol. The lowest BCUT2D eigenvalue weighted by Crippen LogP contribution is -2.57. The average Bonchev–Trinajstić information content (AvgIpc) is 1.81. The Morgan fingerprint density at radius 3 is 1.25 bits per heavy atom. The lowest BCUT2D eigenvalue weighted by Gasteiger charge is -2.37. The van der Waals surface area contributed by atoms with E-state index in [0.29, 0.717) is 0 Å². The van der Waals surface area contributed by atoms with Crippen LogP contribution in [-0.4, -0.2) is 22.6 Å². The van der Waals surface area contributed by atoms with Crippen LogP contribution in [-0.2, 0) is 0 Å². The van der Waals surface area contributed by atoms with Crippen molar-refractivity contribution < 1.29 is 22.7 Å². The molecule has 0 unspecified atom stereocenters. The summed E-state index contributed by atoms with van der Waals surface area (Å²) in [6, 6.07) is 0. The number of halogens is 4. The first-order valence-corrected chi connectivity index (χ1v) is 3.54. The van der Waals surface area contributed by atoms with Gasteiger partial charge in [-0.1, -0.05) is 6.92 Å². The minimum absolute atomic E-state index is 0.286. The van der Waals surface area contributed by atoms with Crippen molar-refractivity contribution >= 4 is 0 Å². The maximum atomic E-state index is 12.5. The van der Waals surface area contributed by atoms with Crippen LogP contribution >= 0.6 is 0 Å². The van der Waals surface area contributed by atoms with E-state index in [-0.39, 0.29) is 13.8 Å². The molecule has 0 saturated heterocycles. The molecule has 0 fully saturated rings. The highest BCUT2D eigenvalue weighted by atomic mass is 19.3. The van der Waals surface area contributed by atoms with Crippen LogP contribution < -0.4 is 0 Å². The Morgan fingerprint density at radius 2 is 1.25 bits per heavy atom. The molecule has 1 N–H and O–H groups in total. The van der Waals surface area contributed by atoms with Crippen molar-refractivity contribution in [2.45, 2.75) is 44.6 Å². The van der Waals surface area contributed by atoms with E-state index >= 15 is 0 Å². The Hall–Kier alpha value is -0.320. The molecular formula is C7H12F4O. The fraction of sp³-hybridized carbons (Fsp3) is 1.00. The monoisotopic (exact) mass is 188 g/mol. The van der Waals surface area contributed by atoms with Gasteiger partial charge in [-0.25, -0.2) is 17.6 Å². The van der Waals surface area contributed by atoms with Gasteiger partial charge in [0.2, 0.25) is 0 Å². The van der Waals surface area contributed by atoms with Gasteiger partial charge in [0, 0.05) is 13.8 Å². The Labute approximate surface area is 68.4 Å². The Kier molecular flexibility index (Phi) is 2.79. The minimum atomic E-state index is -3.81. The van der Waals surface area contributed by atoms with Crippen LogP contribution in [0.1, 0.15) is 27.2 Å². The molecule has 0 aliphatic heterocycles. The van der Waals surface area contributed by atoms with Crippen LogP contribution in [0.5, 0.6) is 0 Å². The summed E-state index contributed by atoms with van der Waals surface area (Å²) in [6.07, 6.45) is -0.694. The summed E-state index contributed by atoms with van der Waals surface area (Å²) in [5, 5.41) is 8.99. The van der Waals surface area contributed by atoms with Crippen LogP contribution in [0.3, 0.4) is 0 Å². The Bertz CT molecular complexity index is 142. The third-order valence-electron chi connectivity index (χ3n) is 1.96. The second kappa shape index (κ2) is 2.87. The van der Waals surface area contributed by atoms with Gasteiger partial charge >= 0.3 is 0 Å². The zero-order chi connectivity index (χ0) is 10.2. The molecule has 0 aliphatic carbocycles. The van der Waals surface area contributed by atoms with Gasteiger partial charge in [0.25, 0.3) is 11.8 Å². The largest absolute Gasteiger partial charge is 0.378 e. The maximum Gasteiger partial charge on any atom is 0.279 e. The molecule has 12 heavy (non-hydrogen) atoms. The highest BCUT2D eigenvalue weighted by Crippen LogP contribution is 2.42. The molecule has 0 aromatic rings. The zero-order valence-electron chi connectivity index (χ0n) is 7.17. The first-order chi connectivity index (χ1) is 5.06. The molecule has 0 spiro atoms. The third kappa shape index (κ3) is 1.71. The molecule has 0 aromatic heterocycles. The smallest absolute Gasteiger partial charge is 0.279 e. The molecule has 0 radical (unpaired) electrons. The highest BCUT2D eigenvalue weighted by molar-refractivity contribution is 4.98. The third-order valence-corrected chi connectivity index (χ3v) is 1.96. The standard InChI is InChI=1S/C7H12F4O/c1-4-7(12,5(2,8)9)6(3,10)11/h12H,4H2,1-3H3. The lowest BCUT2D eigenvalue weighted by molar-refractivity contribution is -0.270. The van der Waals surface area contributed by atoms with Gasteiger partial charge in [0.15, 0.2) is 5.60 Å². The fourth-order valence-corrected chi connectivity index (χ4v) is 1.01. The van der Waals surface area contributed by atoms with Gasteiger partial charge in [-0.3, -0.25) is 0 Å². The molecule has 1 nitrogen and oxygen atoms in total. The van der Waals surface area contributed by atoms with E-state index in [4.69, 9.17) is 5.11 Å². The summed E-state index contributed by atoms with van der Waals surface area (Å²) in [7, 11) is 0. The van der Waals surface area contributed by atoms with Gasteiger partial charge in [-0.05, 0) is 6.42 Å². The molecule has 0 amide bonds. The molecule has 0 aliphatic rings. The van der Waals surface area contributed by atoms with Gasteiger partial charge in [-0.15, -0.1) is 0 Å². The van der Waals surface area contributed by atoms with Gasteiger partial charge in [0.1, 0.15) is 0 Å². The normalized spacial score (nSPS) is 15.0. The first-order valence-electron chi connectivity index (χ1n) is 3.54. The fourth-order valence-electron chi connectivity index (χ4n) is 1.01. The predicted molar refractivity (Wildman–Crippen MR) is 36.5 cm³/mol. The van der Waals surface area contributed by atoms with Gasteiger partial charge in [0.05, 0.1) is 0 Å². The molecule has 0 rings (SSSR count). The van der Waals surface area contributed by atoms with Crippen LogP contribution in [0.25, 0.3) is 0 Å². The molecule has 0 aromatic carbocycles. The number of alkyl halides is 4. The summed E-state index contributed by atoms with van der Waals surface area (Å²) in [4.78, 5) is 0. The van der Waals surface area contributed by atoms with Crippen LogP contribution in [0.4, 0.5) is 17.6 Å². The highest BCUT2D eigenvalue weighted by Gasteiger charge is 2.61. The zero-order valence-corrected chi connectivity index (χ0v) is 7.17. The predicted octanol–water partition coefficient (Wildman–Crippen LogP) is 2.44. The Morgan fingerprint density at radius 1 is 1.00 bits per heavy atom. The van der Waals surface area contributed by atoms with Crippen LogP contribution in [0.2, 0.25) is 0 Å². The second-order valence-electron chi connectivity index (χ2n) is 2.99. The van der Waals surface area contributed by atoms with Crippen molar-refractivity contribution in [3.05, 3.63) is 0 Å². The number of hydrogen-bond donors (Lipinski definition) is 1. The molecule has 74 valence electrons. The summed E-state index contributed by atoms with van der Waals surface area (Å²) in [6.45, 7) is 1.66. The average molecular weight is 188 g/mol. The van der Waals surface area contributed by atoms with Gasteiger partial charge in [-0.2, -0.15) is 0 Å². The summed E-state index contributed by atoms with van der Waals surface area (Å²) in [5.41, 5.74) is -3.25. The Balaban J connectivity index is 4.95. The van der Waals surface area contributed by atoms with Crippen molar-refractivity contribution in [1.82, 2.24) is 0 Å². The molecule has 0 saturated carbocycles. The van der Waals surface area contributed by atoms with Gasteiger partial charge < -0.3 is 5.11 Å². The van der Waals surface area contributed by atoms with Crippen molar-refractivity contribution in [3.63, 3.8) is 0 Å². The first kappa shape index (κ1) is 11.7. The van der Waals surface area contributed by atoms with E-state index in [1.165, 1.54) is 0 Å². The number of hydrogen-bond acceptors (Lipinski definition) is 1. The number of rotatable bonds is 3. The SMILES string of the molecule is CCC(O)(C(C)(F)F)C(C)(F)F. The van der Waals surface area contributed by atoms with Crippen LogP contribution in [0.15, 0.2) is 0 Å². The van der Waals surface area contributed by atoms with Crippen molar-refractivity contribution in [2.75, 3.05) is 0 Å². The summed E-state index contributed by atoms with van der Waals surface area (Å²) >= 11 is 0. The van der Waals surface area contributed by atoms with E-state index in [1.54, 1.807) is 0 Å². The quantitative estimate of drug-likeness (QED) is 0.674. The van der Waals surface area contributed by atoms with Crippen molar-refractivity contribution in [2.24, 2.45) is 0 Å². The maximum absolute atomic E-state index is 12.5. The molecule has 0 heterocycles. The van der Waals surface area contributed by atoms with Crippen LogP contribution in [0, 0.1) is 0 Å². The minimum Gasteiger partial charge on any atom is -0.378 e. The topological polar surface area (TPSA) is 20.2 Å². The number of aliphatic hydroxyl groups is 1. The summed E-state index contributed by atoms with van der Waals surface area (Å²) in [5.74, 6) is -7.61. The van der Waals surface area contributed by atoms with Crippen molar-refractivity contribution in [1.29, 1.82) is 0 Å². The molecule has 5 heteroatoms. The van der Waals surface area contributed by atoms with E-state index < -0.39 is 23.9 Å². The molecule has 0 bridgehead atoms. The lowest BCUT2D eigenvalue weighted by atomic mass is 9.87. The van der Waals surface area contributed by atoms with Crippen molar-refractivity contribution in [3.8, 4) is 0 Å². The van der Waals surface area contributed by atoms with E-state index in [1.807, 2.05) is 0 Å². The summed E-state index contributed by atoms with van der Waals surface area (Å²) < 4.78 is 50.1. The van der Waals surface area contributed by atoms with E-state index in [2.05, 4.69) is 0 Å². The van der Waals surface area contributed by atoms with E-state index in [9.17, 15) is 17.6 Å². The van der Waals surface area contributed by atoms with E-state index in [0.717, 1.165) is 6.92 Å². The second-order valence-corrected chi connectivity index (χ2v) is 2.99. The molecule has 0 atom stereocenters.